The molecule has 3 N–H and O–H groups in total. The molecule has 1 heterocycles. The largest absolute Gasteiger partial charge is 0.370 e. The Morgan fingerprint density at radius 1 is 1.50 bits per heavy atom. The van der Waals surface area contributed by atoms with E-state index < -0.39 is 0 Å². The molecule has 0 aliphatic carbocycles. The van der Waals surface area contributed by atoms with Crippen LogP contribution in [0.3, 0.4) is 0 Å². The molecule has 69 valence electrons. The number of rotatable bonds is 2. The van der Waals surface area contributed by atoms with Gasteiger partial charge >= 0.3 is 0 Å². The molecule has 0 amide bonds. The van der Waals surface area contributed by atoms with E-state index in [0.717, 1.165) is 25.4 Å². The molecule has 0 unspecified atom stereocenters. The van der Waals surface area contributed by atoms with Crippen LogP contribution in [0.1, 0.15) is 25.7 Å². The normalized spacial score (nSPS) is 19.6. The van der Waals surface area contributed by atoms with Crippen LogP contribution in [0.2, 0.25) is 0 Å². The first kappa shape index (κ1) is 9.36. The number of nitrogens with one attached hydrogen (secondary N) is 1. The Hall–Kier alpha value is -0.730. The Balaban J connectivity index is 2.25. The van der Waals surface area contributed by atoms with Gasteiger partial charge in [-0.3, -0.25) is 5.41 Å². The van der Waals surface area contributed by atoms with Crippen molar-refractivity contribution in [3.63, 3.8) is 0 Å². The maximum absolute atomic E-state index is 7.25. The molecule has 1 aliphatic heterocycles. The van der Waals surface area contributed by atoms with E-state index in [1.54, 1.807) is 0 Å². The molecule has 1 saturated heterocycles. The Morgan fingerprint density at radius 3 is 2.50 bits per heavy atom. The zero-order valence-corrected chi connectivity index (χ0v) is 7.55. The van der Waals surface area contributed by atoms with Gasteiger partial charge in [0, 0.05) is 13.1 Å². The fourth-order valence-corrected chi connectivity index (χ4v) is 1.75. The van der Waals surface area contributed by atoms with E-state index >= 15 is 0 Å². The first-order valence-electron chi connectivity index (χ1n) is 4.62. The van der Waals surface area contributed by atoms with Crippen LogP contribution < -0.4 is 5.73 Å². The summed E-state index contributed by atoms with van der Waals surface area (Å²) in [7, 11) is 0. The smallest absolute Gasteiger partial charge is 0.188 e. The SMILES string of the molecule is [CH2]CCC1CCN(C(=N)N)CC1. The van der Waals surface area contributed by atoms with Crippen molar-refractivity contribution in [1.29, 1.82) is 5.41 Å². The van der Waals surface area contributed by atoms with Gasteiger partial charge in [-0.05, 0) is 18.8 Å². The lowest BCUT2D eigenvalue weighted by molar-refractivity contribution is 0.254. The molecule has 1 rings (SSSR count). The van der Waals surface area contributed by atoms with Crippen LogP contribution in [-0.2, 0) is 0 Å². The minimum absolute atomic E-state index is 0.225. The van der Waals surface area contributed by atoms with Gasteiger partial charge in [-0.2, -0.15) is 0 Å². The lowest BCUT2D eigenvalue weighted by Crippen LogP contribution is -2.42. The van der Waals surface area contributed by atoms with Crippen molar-refractivity contribution in [1.82, 2.24) is 4.90 Å². The second kappa shape index (κ2) is 4.33. The maximum Gasteiger partial charge on any atom is 0.188 e. The molecule has 1 aliphatic rings. The van der Waals surface area contributed by atoms with E-state index in [9.17, 15) is 0 Å². The van der Waals surface area contributed by atoms with E-state index in [-0.39, 0.29) is 5.96 Å². The summed E-state index contributed by atoms with van der Waals surface area (Å²) in [6.45, 7) is 5.77. The molecule has 0 bridgehead atoms. The van der Waals surface area contributed by atoms with E-state index in [4.69, 9.17) is 11.1 Å². The molecule has 0 saturated carbocycles. The molecule has 1 fully saturated rings. The van der Waals surface area contributed by atoms with E-state index in [1.165, 1.54) is 19.3 Å². The molecular weight excluding hydrogens is 150 g/mol. The average molecular weight is 168 g/mol. The van der Waals surface area contributed by atoms with Crippen molar-refractivity contribution >= 4 is 5.96 Å². The predicted molar refractivity (Wildman–Crippen MR) is 50.8 cm³/mol. The number of nitrogens with two attached hydrogens (primary N) is 1. The molecule has 0 aromatic heterocycles. The third-order valence-electron chi connectivity index (χ3n) is 2.57. The van der Waals surface area contributed by atoms with Crippen molar-refractivity contribution < 1.29 is 0 Å². The van der Waals surface area contributed by atoms with E-state index in [0.29, 0.717) is 0 Å². The zero-order valence-electron chi connectivity index (χ0n) is 7.55. The van der Waals surface area contributed by atoms with Crippen LogP contribution in [0.15, 0.2) is 0 Å². The van der Waals surface area contributed by atoms with Gasteiger partial charge in [0.05, 0.1) is 0 Å². The third-order valence-corrected chi connectivity index (χ3v) is 2.57. The zero-order chi connectivity index (χ0) is 8.97. The number of hydrogen-bond donors (Lipinski definition) is 2. The topological polar surface area (TPSA) is 53.1 Å². The van der Waals surface area contributed by atoms with Crippen LogP contribution in [0.25, 0.3) is 0 Å². The van der Waals surface area contributed by atoms with Crippen molar-refractivity contribution in [3.8, 4) is 0 Å². The summed E-state index contributed by atoms with van der Waals surface area (Å²) in [5.41, 5.74) is 5.38. The number of guanidine groups is 1. The second-order valence-corrected chi connectivity index (χ2v) is 3.46. The number of nitrogens with zero attached hydrogens (tertiary/aromatic N) is 1. The van der Waals surface area contributed by atoms with Gasteiger partial charge in [0.25, 0.3) is 0 Å². The molecule has 0 aromatic carbocycles. The van der Waals surface area contributed by atoms with Gasteiger partial charge < -0.3 is 10.6 Å². The van der Waals surface area contributed by atoms with Gasteiger partial charge in [0.15, 0.2) is 5.96 Å². The van der Waals surface area contributed by atoms with Gasteiger partial charge in [-0.25, -0.2) is 0 Å². The minimum atomic E-state index is 0.225. The molecule has 0 spiro atoms. The van der Waals surface area contributed by atoms with Crippen LogP contribution in [0.5, 0.6) is 0 Å². The van der Waals surface area contributed by atoms with Gasteiger partial charge in [0.2, 0.25) is 0 Å². The molecule has 3 nitrogen and oxygen atoms in total. The van der Waals surface area contributed by atoms with Crippen LogP contribution in [0, 0.1) is 18.3 Å². The standard InChI is InChI=1S/C9H18N3/c1-2-3-8-4-6-12(7-5-8)9(10)11/h8H,1-7H2,(H3,10,11). The fourth-order valence-electron chi connectivity index (χ4n) is 1.75. The monoisotopic (exact) mass is 168 g/mol. The Labute approximate surface area is 74.4 Å². The molecule has 12 heavy (non-hydrogen) atoms. The van der Waals surface area contributed by atoms with Crippen LogP contribution >= 0.6 is 0 Å². The summed E-state index contributed by atoms with van der Waals surface area (Å²) < 4.78 is 0. The summed E-state index contributed by atoms with van der Waals surface area (Å²) in [5.74, 6) is 1.04. The first-order valence-corrected chi connectivity index (χ1v) is 4.62. The van der Waals surface area contributed by atoms with Crippen molar-refractivity contribution in [2.75, 3.05) is 13.1 Å². The molecule has 1 radical (unpaired) electrons. The van der Waals surface area contributed by atoms with Crippen LogP contribution in [-0.4, -0.2) is 23.9 Å². The molecular formula is C9H18N3. The Bertz CT molecular complexity index is 148. The maximum atomic E-state index is 7.25. The number of likely N-dealkylation sites (tertiary alicyclic amines) is 1. The van der Waals surface area contributed by atoms with Crippen molar-refractivity contribution in [3.05, 3.63) is 6.92 Å². The first-order chi connectivity index (χ1) is 5.74. The highest BCUT2D eigenvalue weighted by molar-refractivity contribution is 5.74. The highest BCUT2D eigenvalue weighted by Crippen LogP contribution is 2.20. The summed E-state index contributed by atoms with van der Waals surface area (Å²) in [4.78, 5) is 1.94. The fraction of sp³-hybridized carbons (Fsp3) is 0.778. The van der Waals surface area contributed by atoms with Crippen molar-refractivity contribution in [2.24, 2.45) is 11.7 Å². The summed E-state index contributed by atoms with van der Waals surface area (Å²) in [6.07, 6.45) is 4.61. The van der Waals surface area contributed by atoms with Crippen molar-refractivity contribution in [2.45, 2.75) is 25.7 Å². The minimum Gasteiger partial charge on any atom is -0.370 e. The second-order valence-electron chi connectivity index (χ2n) is 3.46. The predicted octanol–water partition coefficient (Wildman–Crippen LogP) is 1.21. The van der Waals surface area contributed by atoms with E-state index in [1.807, 2.05) is 4.90 Å². The van der Waals surface area contributed by atoms with E-state index in [2.05, 4.69) is 6.92 Å². The molecule has 0 atom stereocenters. The summed E-state index contributed by atoms with van der Waals surface area (Å²) in [6, 6.07) is 0. The Kier molecular flexibility index (Phi) is 3.38. The summed E-state index contributed by atoms with van der Waals surface area (Å²) >= 11 is 0. The number of hydrogen-bond acceptors (Lipinski definition) is 1. The van der Waals surface area contributed by atoms with Gasteiger partial charge in [-0.15, -0.1) is 0 Å². The lowest BCUT2D eigenvalue weighted by Gasteiger charge is -2.31. The van der Waals surface area contributed by atoms with Gasteiger partial charge in [-0.1, -0.05) is 19.8 Å². The quantitative estimate of drug-likeness (QED) is 0.481. The Morgan fingerprint density at radius 2 is 2.08 bits per heavy atom. The average Bonchev–Trinajstić information content (AvgIpc) is 2.06. The highest BCUT2D eigenvalue weighted by atomic mass is 15.2. The van der Waals surface area contributed by atoms with Gasteiger partial charge in [0.1, 0.15) is 0 Å². The molecule has 0 aromatic rings. The lowest BCUT2D eigenvalue weighted by atomic mass is 9.93. The van der Waals surface area contributed by atoms with Crippen LogP contribution in [0.4, 0.5) is 0 Å². The number of piperidine rings is 1. The summed E-state index contributed by atoms with van der Waals surface area (Å²) in [5, 5.41) is 7.25. The third kappa shape index (κ3) is 2.40. The highest BCUT2D eigenvalue weighted by Gasteiger charge is 2.18. The molecule has 3 heteroatoms.